The van der Waals surface area contributed by atoms with E-state index in [0.29, 0.717) is 5.56 Å². The van der Waals surface area contributed by atoms with Crippen LogP contribution in [0.3, 0.4) is 0 Å². The molecular formula is C19H18F3NO5. The number of hydrogen-bond donors (Lipinski definition) is 2. The van der Waals surface area contributed by atoms with E-state index in [9.17, 15) is 22.8 Å². The van der Waals surface area contributed by atoms with Crippen LogP contribution < -0.4 is 14.8 Å². The van der Waals surface area contributed by atoms with Gasteiger partial charge in [-0.2, -0.15) is 13.2 Å². The minimum atomic E-state index is -4.53. The van der Waals surface area contributed by atoms with Crippen molar-refractivity contribution < 1.29 is 37.3 Å². The number of ether oxygens (including phenoxy) is 2. The van der Waals surface area contributed by atoms with Crippen molar-refractivity contribution >= 4 is 17.6 Å². The summed E-state index contributed by atoms with van der Waals surface area (Å²) in [5.41, 5.74) is -0.263. The molecule has 0 heterocycles. The number of benzene rings is 2. The monoisotopic (exact) mass is 397 g/mol. The molecule has 2 aromatic rings. The number of rotatable bonds is 7. The van der Waals surface area contributed by atoms with Crippen molar-refractivity contribution in [3.8, 4) is 11.5 Å². The Morgan fingerprint density at radius 2 is 1.79 bits per heavy atom. The van der Waals surface area contributed by atoms with Crippen molar-refractivity contribution in [1.82, 2.24) is 0 Å². The normalized spacial score (nSPS) is 11.0. The van der Waals surface area contributed by atoms with Crippen LogP contribution in [0.4, 0.5) is 18.9 Å². The highest BCUT2D eigenvalue weighted by atomic mass is 19.4. The molecule has 0 aromatic heterocycles. The summed E-state index contributed by atoms with van der Waals surface area (Å²) in [7, 11) is 0. The molecule has 0 spiro atoms. The van der Waals surface area contributed by atoms with E-state index in [1.807, 2.05) is 0 Å². The number of anilines is 1. The predicted molar refractivity (Wildman–Crippen MR) is 94.9 cm³/mol. The van der Waals surface area contributed by atoms with E-state index < -0.39 is 30.2 Å². The average molecular weight is 397 g/mol. The number of aliphatic carboxylic acids is 1. The van der Waals surface area contributed by atoms with Crippen molar-refractivity contribution in [2.24, 2.45) is 0 Å². The standard InChI is InChI=1S/C19H18F3NO5/c1-3-27-16-8-12(5-7-15(16)28-10-17(24)25)18(26)23-14-9-13(19(20,21)22)6-4-11(14)2/h4-9H,3,10H2,1-2H3,(H,23,26)(H,24,25). The fourth-order valence-corrected chi connectivity index (χ4v) is 2.30. The third-order valence-electron chi connectivity index (χ3n) is 3.67. The molecule has 0 saturated heterocycles. The number of carbonyl (C=O) groups is 2. The van der Waals surface area contributed by atoms with Crippen LogP contribution in [-0.4, -0.2) is 30.2 Å². The molecule has 0 aliphatic carbocycles. The summed E-state index contributed by atoms with van der Waals surface area (Å²) in [6, 6.07) is 7.12. The first kappa shape index (κ1) is 21.1. The first-order valence-corrected chi connectivity index (χ1v) is 8.22. The lowest BCUT2D eigenvalue weighted by molar-refractivity contribution is -0.139. The molecule has 0 unspecified atom stereocenters. The molecule has 0 fully saturated rings. The van der Waals surface area contributed by atoms with Gasteiger partial charge in [0.25, 0.3) is 5.91 Å². The zero-order valence-corrected chi connectivity index (χ0v) is 15.1. The number of aryl methyl sites for hydroxylation is 1. The van der Waals surface area contributed by atoms with Crippen LogP contribution in [0.15, 0.2) is 36.4 Å². The lowest BCUT2D eigenvalue weighted by atomic mass is 10.1. The van der Waals surface area contributed by atoms with E-state index in [0.717, 1.165) is 12.1 Å². The third kappa shape index (κ3) is 5.38. The smallest absolute Gasteiger partial charge is 0.416 e. The van der Waals surface area contributed by atoms with Crippen molar-refractivity contribution in [2.45, 2.75) is 20.0 Å². The van der Waals surface area contributed by atoms with Crippen LogP contribution in [0.5, 0.6) is 11.5 Å². The van der Waals surface area contributed by atoms with E-state index in [2.05, 4.69) is 5.32 Å². The molecule has 0 radical (unpaired) electrons. The van der Waals surface area contributed by atoms with Gasteiger partial charge in [0.05, 0.1) is 12.2 Å². The Hall–Kier alpha value is -3.23. The van der Waals surface area contributed by atoms with Gasteiger partial charge in [-0.3, -0.25) is 4.79 Å². The molecule has 1 amide bonds. The zero-order chi connectivity index (χ0) is 20.9. The molecule has 0 aliphatic rings. The highest BCUT2D eigenvalue weighted by molar-refractivity contribution is 6.05. The predicted octanol–water partition coefficient (Wildman–Crippen LogP) is 4.13. The number of carboxylic acids is 1. The molecule has 2 rings (SSSR count). The third-order valence-corrected chi connectivity index (χ3v) is 3.67. The van der Waals surface area contributed by atoms with E-state index >= 15 is 0 Å². The van der Waals surface area contributed by atoms with Gasteiger partial charge in [-0.1, -0.05) is 6.07 Å². The van der Waals surface area contributed by atoms with Gasteiger partial charge in [0.2, 0.25) is 0 Å². The molecule has 2 N–H and O–H groups in total. The van der Waals surface area contributed by atoms with Gasteiger partial charge in [0, 0.05) is 11.3 Å². The number of carbonyl (C=O) groups excluding carboxylic acids is 1. The zero-order valence-electron chi connectivity index (χ0n) is 15.1. The molecule has 0 aliphatic heterocycles. The second-order valence-corrected chi connectivity index (χ2v) is 5.76. The van der Waals surface area contributed by atoms with E-state index in [-0.39, 0.29) is 29.4 Å². The summed E-state index contributed by atoms with van der Waals surface area (Å²) < 4.78 is 49.1. The summed E-state index contributed by atoms with van der Waals surface area (Å²) in [5, 5.41) is 11.1. The van der Waals surface area contributed by atoms with Gasteiger partial charge < -0.3 is 19.9 Å². The van der Waals surface area contributed by atoms with Gasteiger partial charge in [0.1, 0.15) is 0 Å². The van der Waals surface area contributed by atoms with Gasteiger partial charge in [-0.05, 0) is 49.7 Å². The first-order chi connectivity index (χ1) is 13.1. The molecule has 150 valence electrons. The van der Waals surface area contributed by atoms with Gasteiger partial charge in [0.15, 0.2) is 18.1 Å². The highest BCUT2D eigenvalue weighted by Crippen LogP contribution is 2.33. The Kier molecular flexibility index (Phi) is 6.50. The van der Waals surface area contributed by atoms with Crippen molar-refractivity contribution in [3.63, 3.8) is 0 Å². The Morgan fingerprint density at radius 3 is 2.39 bits per heavy atom. The highest BCUT2D eigenvalue weighted by Gasteiger charge is 2.31. The number of hydrogen-bond acceptors (Lipinski definition) is 4. The summed E-state index contributed by atoms with van der Waals surface area (Å²) in [5.74, 6) is -1.54. The van der Waals surface area contributed by atoms with Gasteiger partial charge in [-0.15, -0.1) is 0 Å². The molecular weight excluding hydrogens is 379 g/mol. The Bertz CT molecular complexity index is 880. The van der Waals surface area contributed by atoms with Crippen molar-refractivity contribution in [2.75, 3.05) is 18.5 Å². The molecule has 0 bridgehead atoms. The lowest BCUT2D eigenvalue weighted by Gasteiger charge is -2.14. The quantitative estimate of drug-likeness (QED) is 0.734. The van der Waals surface area contributed by atoms with Crippen LogP contribution in [0.25, 0.3) is 0 Å². The van der Waals surface area contributed by atoms with Gasteiger partial charge >= 0.3 is 12.1 Å². The largest absolute Gasteiger partial charge is 0.490 e. The number of amides is 1. The van der Waals surface area contributed by atoms with Crippen molar-refractivity contribution in [3.05, 3.63) is 53.1 Å². The Labute approximate surface area is 158 Å². The van der Waals surface area contributed by atoms with Crippen LogP contribution in [0, 0.1) is 6.92 Å². The summed E-state index contributed by atoms with van der Waals surface area (Å²) >= 11 is 0. The maximum atomic E-state index is 12.9. The molecule has 2 aromatic carbocycles. The fraction of sp³-hybridized carbons (Fsp3) is 0.263. The average Bonchev–Trinajstić information content (AvgIpc) is 2.61. The number of nitrogens with one attached hydrogen (secondary N) is 1. The Balaban J connectivity index is 2.27. The minimum absolute atomic E-state index is 0.0315. The second kappa shape index (κ2) is 8.64. The summed E-state index contributed by atoms with van der Waals surface area (Å²) in [4.78, 5) is 23.1. The Morgan fingerprint density at radius 1 is 1.07 bits per heavy atom. The van der Waals surface area contributed by atoms with E-state index in [4.69, 9.17) is 14.6 Å². The van der Waals surface area contributed by atoms with Crippen LogP contribution >= 0.6 is 0 Å². The summed E-state index contributed by atoms with van der Waals surface area (Å²) in [6.07, 6.45) is -4.53. The molecule has 28 heavy (non-hydrogen) atoms. The maximum Gasteiger partial charge on any atom is 0.416 e. The van der Waals surface area contributed by atoms with Crippen LogP contribution in [0.1, 0.15) is 28.4 Å². The fourth-order valence-electron chi connectivity index (χ4n) is 2.30. The topological polar surface area (TPSA) is 84.9 Å². The minimum Gasteiger partial charge on any atom is -0.490 e. The summed E-state index contributed by atoms with van der Waals surface area (Å²) in [6.45, 7) is 2.92. The van der Waals surface area contributed by atoms with Crippen LogP contribution in [-0.2, 0) is 11.0 Å². The first-order valence-electron chi connectivity index (χ1n) is 8.22. The number of alkyl halides is 3. The molecule has 6 nitrogen and oxygen atoms in total. The van der Waals surface area contributed by atoms with Crippen LogP contribution in [0.2, 0.25) is 0 Å². The molecule has 0 atom stereocenters. The van der Waals surface area contributed by atoms with Gasteiger partial charge in [-0.25, -0.2) is 4.79 Å². The number of halogens is 3. The van der Waals surface area contributed by atoms with E-state index in [1.165, 1.54) is 24.3 Å². The van der Waals surface area contributed by atoms with Crippen molar-refractivity contribution in [1.29, 1.82) is 0 Å². The lowest BCUT2D eigenvalue weighted by Crippen LogP contribution is -2.15. The molecule has 0 saturated carbocycles. The SMILES string of the molecule is CCOc1cc(C(=O)Nc2cc(C(F)(F)F)ccc2C)ccc1OCC(=O)O. The molecule has 9 heteroatoms. The second-order valence-electron chi connectivity index (χ2n) is 5.76. The number of carboxylic acid groups (broad SMARTS) is 1. The van der Waals surface area contributed by atoms with E-state index in [1.54, 1.807) is 13.8 Å². The maximum absolute atomic E-state index is 12.9.